The van der Waals surface area contributed by atoms with Crippen LogP contribution in [0.3, 0.4) is 0 Å². The quantitative estimate of drug-likeness (QED) is 0.336. The number of rotatable bonds is 2. The highest BCUT2D eigenvalue weighted by Gasteiger charge is 2.38. The summed E-state index contributed by atoms with van der Waals surface area (Å²) in [4.78, 5) is 42.5. The van der Waals surface area contributed by atoms with Gasteiger partial charge in [0.2, 0.25) is 0 Å². The molecule has 4 aromatic rings. The van der Waals surface area contributed by atoms with Crippen LogP contribution in [0.25, 0.3) is 33.1 Å². The van der Waals surface area contributed by atoms with E-state index < -0.39 is 12.1 Å². The minimum absolute atomic E-state index is 0.0603. The van der Waals surface area contributed by atoms with Crippen molar-refractivity contribution in [2.45, 2.75) is 25.1 Å². The second-order valence-corrected chi connectivity index (χ2v) is 8.62. The van der Waals surface area contributed by atoms with Crippen molar-refractivity contribution in [1.82, 2.24) is 14.9 Å². The van der Waals surface area contributed by atoms with Crippen LogP contribution >= 0.6 is 0 Å². The maximum Gasteiger partial charge on any atom is 0.490 e. The standard InChI is InChI=1S/C23H22N4O2.C2HF3O2/c24-17-7-9-27(10-8-17)23(29)15-5-6-20-16(11-15)13-21(25-20)18-12-14-3-1-2-4-19(14)26-22(18)28;3-2(4,5)1(6)7/h1-6,11-13,17,25H,7-10,24H2,(H,26,28);(H,6,7)/p+1. The minimum atomic E-state index is -5.08. The van der Waals surface area contributed by atoms with Crippen molar-refractivity contribution in [2.24, 2.45) is 0 Å². The third kappa shape index (κ3) is 5.41. The Balaban J connectivity index is 0.000000384. The number of pyridine rings is 1. The van der Waals surface area contributed by atoms with Gasteiger partial charge in [-0.1, -0.05) is 18.2 Å². The highest BCUT2D eigenvalue weighted by Crippen LogP contribution is 2.25. The summed E-state index contributed by atoms with van der Waals surface area (Å²) in [5.74, 6) is -2.70. The molecule has 0 bridgehead atoms. The lowest BCUT2D eigenvalue weighted by molar-refractivity contribution is -0.425. The normalized spacial score (nSPS) is 14.5. The SMILES string of the molecule is O=C(O)C(F)(F)F.[NH3+]C1CCN(C(=O)c2ccc3[nH]c(-c4cc5ccccc5[nH]c4=O)cc3c2)CC1. The third-order valence-electron chi connectivity index (χ3n) is 6.06. The van der Waals surface area contributed by atoms with Crippen LogP contribution < -0.4 is 11.3 Å². The molecule has 0 saturated carbocycles. The van der Waals surface area contributed by atoms with Gasteiger partial charge in [-0.25, -0.2) is 4.79 Å². The zero-order chi connectivity index (χ0) is 26.0. The summed E-state index contributed by atoms with van der Waals surface area (Å²) in [5, 5.41) is 9.02. The van der Waals surface area contributed by atoms with Crippen molar-refractivity contribution in [3.05, 3.63) is 70.5 Å². The zero-order valence-electron chi connectivity index (χ0n) is 19.1. The fourth-order valence-electron chi connectivity index (χ4n) is 4.08. The molecule has 1 fully saturated rings. The van der Waals surface area contributed by atoms with Crippen LogP contribution in [0.5, 0.6) is 0 Å². The van der Waals surface area contributed by atoms with Gasteiger partial charge < -0.3 is 25.7 Å². The summed E-state index contributed by atoms with van der Waals surface area (Å²) >= 11 is 0. The first kappa shape index (κ1) is 25.0. The maximum absolute atomic E-state index is 12.9. The van der Waals surface area contributed by atoms with Crippen molar-refractivity contribution in [3.8, 4) is 11.3 Å². The van der Waals surface area contributed by atoms with Crippen LogP contribution in [0.4, 0.5) is 13.2 Å². The van der Waals surface area contributed by atoms with E-state index in [1.54, 1.807) is 0 Å². The second kappa shape index (κ2) is 9.86. The number of para-hydroxylation sites is 1. The van der Waals surface area contributed by atoms with Gasteiger partial charge in [0.25, 0.3) is 11.5 Å². The van der Waals surface area contributed by atoms with Gasteiger partial charge in [0.1, 0.15) is 0 Å². The van der Waals surface area contributed by atoms with Crippen LogP contribution in [0.1, 0.15) is 23.2 Å². The van der Waals surface area contributed by atoms with Crippen molar-refractivity contribution in [2.75, 3.05) is 13.1 Å². The first-order valence-electron chi connectivity index (χ1n) is 11.2. The fourth-order valence-corrected chi connectivity index (χ4v) is 4.08. The van der Waals surface area contributed by atoms with E-state index in [1.165, 1.54) is 0 Å². The summed E-state index contributed by atoms with van der Waals surface area (Å²) in [6.07, 6.45) is -3.18. The Labute approximate surface area is 202 Å². The molecule has 6 N–H and O–H groups in total. The fraction of sp³-hybridized carbons (Fsp3) is 0.240. The van der Waals surface area contributed by atoms with Crippen LogP contribution in [-0.4, -0.2) is 57.2 Å². The number of H-pyrrole nitrogens is 2. The number of hydrogen-bond donors (Lipinski definition) is 4. The van der Waals surface area contributed by atoms with Crippen LogP contribution in [-0.2, 0) is 4.79 Å². The molecule has 1 saturated heterocycles. The average Bonchev–Trinajstić information content (AvgIpc) is 3.26. The Morgan fingerprint density at radius 3 is 2.25 bits per heavy atom. The molecular formula is C25H24F3N4O4+. The lowest BCUT2D eigenvalue weighted by Gasteiger charge is -2.28. The molecule has 8 nitrogen and oxygen atoms in total. The largest absolute Gasteiger partial charge is 0.490 e. The number of aromatic nitrogens is 2. The molecule has 0 unspecified atom stereocenters. The van der Waals surface area contributed by atoms with E-state index in [0.717, 1.165) is 53.4 Å². The predicted octanol–water partition coefficient (Wildman–Crippen LogP) is 3.16. The summed E-state index contributed by atoms with van der Waals surface area (Å²) in [6.45, 7) is 1.52. The number of hydrogen-bond acceptors (Lipinski definition) is 3. The Kier molecular flexibility index (Phi) is 6.84. The van der Waals surface area contributed by atoms with Crippen molar-refractivity contribution in [3.63, 3.8) is 0 Å². The zero-order valence-corrected chi connectivity index (χ0v) is 19.1. The first-order chi connectivity index (χ1) is 17.0. The van der Waals surface area contributed by atoms with Gasteiger partial charge >= 0.3 is 12.1 Å². The molecule has 188 valence electrons. The molecule has 2 aromatic carbocycles. The number of alkyl halides is 3. The molecule has 0 atom stereocenters. The van der Waals surface area contributed by atoms with Crippen molar-refractivity contribution in [1.29, 1.82) is 0 Å². The van der Waals surface area contributed by atoms with E-state index in [0.29, 0.717) is 17.2 Å². The van der Waals surface area contributed by atoms with Gasteiger partial charge in [0, 0.05) is 47.9 Å². The lowest BCUT2D eigenvalue weighted by Crippen LogP contribution is -2.64. The van der Waals surface area contributed by atoms with Gasteiger partial charge in [-0.05, 0) is 41.8 Å². The number of carbonyl (C=O) groups excluding carboxylic acids is 1. The molecule has 0 radical (unpaired) electrons. The summed E-state index contributed by atoms with van der Waals surface area (Å²) in [6, 6.07) is 17.7. The average molecular weight is 501 g/mol. The number of amides is 1. The number of fused-ring (bicyclic) bond motifs is 2. The number of carbonyl (C=O) groups is 2. The maximum atomic E-state index is 12.9. The Bertz CT molecular complexity index is 1480. The van der Waals surface area contributed by atoms with E-state index in [-0.39, 0.29) is 11.5 Å². The van der Waals surface area contributed by atoms with E-state index in [1.807, 2.05) is 59.5 Å². The molecule has 3 heterocycles. The Morgan fingerprint density at radius 1 is 0.944 bits per heavy atom. The number of benzene rings is 2. The molecule has 1 amide bonds. The topological polar surface area (TPSA) is 134 Å². The van der Waals surface area contributed by atoms with E-state index in [2.05, 4.69) is 15.7 Å². The number of aromatic amines is 2. The molecule has 36 heavy (non-hydrogen) atoms. The number of carboxylic acids is 1. The number of quaternary nitrogens is 1. The number of nitrogens with zero attached hydrogens (tertiary/aromatic N) is 1. The van der Waals surface area contributed by atoms with E-state index >= 15 is 0 Å². The molecule has 5 rings (SSSR count). The number of halogens is 3. The number of carboxylic acid groups (broad SMARTS) is 1. The number of piperidine rings is 1. The second-order valence-electron chi connectivity index (χ2n) is 8.62. The minimum Gasteiger partial charge on any atom is -0.475 e. The van der Waals surface area contributed by atoms with Gasteiger partial charge in [0.05, 0.1) is 17.3 Å². The summed E-state index contributed by atoms with van der Waals surface area (Å²) < 4.78 is 31.7. The van der Waals surface area contributed by atoms with E-state index in [4.69, 9.17) is 9.90 Å². The summed E-state index contributed by atoms with van der Waals surface area (Å²) in [5.41, 5.74) is 7.69. The first-order valence-corrected chi connectivity index (χ1v) is 11.2. The molecule has 1 aliphatic heterocycles. The van der Waals surface area contributed by atoms with Crippen LogP contribution in [0.2, 0.25) is 0 Å². The number of nitrogens with one attached hydrogen (secondary N) is 2. The Hall–Kier alpha value is -4.12. The van der Waals surface area contributed by atoms with Gasteiger partial charge in [-0.2, -0.15) is 13.2 Å². The van der Waals surface area contributed by atoms with Crippen LogP contribution in [0.15, 0.2) is 59.4 Å². The third-order valence-corrected chi connectivity index (χ3v) is 6.06. The lowest BCUT2D eigenvalue weighted by atomic mass is 10.0. The van der Waals surface area contributed by atoms with Crippen molar-refractivity contribution < 1.29 is 33.6 Å². The molecular weight excluding hydrogens is 477 g/mol. The number of aliphatic carboxylic acids is 1. The molecule has 11 heteroatoms. The molecule has 0 spiro atoms. The van der Waals surface area contributed by atoms with Crippen LogP contribution in [0, 0.1) is 0 Å². The van der Waals surface area contributed by atoms with Crippen molar-refractivity contribution >= 4 is 33.7 Å². The molecule has 2 aromatic heterocycles. The Morgan fingerprint density at radius 2 is 1.58 bits per heavy atom. The predicted molar refractivity (Wildman–Crippen MR) is 127 cm³/mol. The molecule has 1 aliphatic rings. The molecule has 0 aliphatic carbocycles. The monoisotopic (exact) mass is 501 g/mol. The van der Waals surface area contributed by atoms with E-state index in [9.17, 15) is 22.8 Å². The summed E-state index contributed by atoms with van der Waals surface area (Å²) in [7, 11) is 0. The van der Waals surface area contributed by atoms with Gasteiger partial charge in [-0.15, -0.1) is 0 Å². The van der Waals surface area contributed by atoms with Gasteiger partial charge in [0.15, 0.2) is 0 Å². The van der Waals surface area contributed by atoms with Gasteiger partial charge in [-0.3, -0.25) is 9.59 Å². The highest BCUT2D eigenvalue weighted by atomic mass is 19.4. The smallest absolute Gasteiger partial charge is 0.475 e. The highest BCUT2D eigenvalue weighted by molar-refractivity contribution is 5.99. The number of likely N-dealkylation sites (tertiary alicyclic amines) is 1.